The molecule has 13 heavy (non-hydrogen) atoms. The summed E-state index contributed by atoms with van der Waals surface area (Å²) in [6.45, 7) is 0. The first kappa shape index (κ1) is 8.23. The third kappa shape index (κ3) is 1.41. The topological polar surface area (TPSA) is 37.4 Å². The smallest absolute Gasteiger partial charge is 0.257 e. The number of carbonyl (C=O) groups is 2. The summed E-state index contributed by atoms with van der Waals surface area (Å²) in [7, 11) is 0. The number of carbonyl (C=O) groups excluding carboxylic acids is 2. The number of imide groups is 1. The van der Waals surface area contributed by atoms with Gasteiger partial charge < -0.3 is 0 Å². The van der Waals surface area contributed by atoms with Crippen molar-refractivity contribution in [2.75, 3.05) is 0 Å². The molecule has 3 heteroatoms. The molecule has 0 radical (unpaired) electrons. The van der Waals surface area contributed by atoms with Gasteiger partial charge in [0, 0.05) is 17.8 Å². The fourth-order valence-corrected chi connectivity index (χ4v) is 1.71. The Balaban J connectivity index is 2.20. The van der Waals surface area contributed by atoms with Crippen LogP contribution in [-0.4, -0.2) is 16.7 Å². The largest absolute Gasteiger partial charge is 0.269 e. The first-order valence-corrected chi connectivity index (χ1v) is 4.54. The predicted molar refractivity (Wildman–Crippen MR) is 47.5 cm³/mol. The third-order valence-electron chi connectivity index (χ3n) is 2.36. The number of amides is 2. The zero-order chi connectivity index (χ0) is 9.26. The van der Waals surface area contributed by atoms with E-state index in [9.17, 15) is 9.59 Å². The van der Waals surface area contributed by atoms with Crippen LogP contribution in [0, 0.1) is 0 Å². The molecule has 0 unspecified atom stereocenters. The molecule has 0 saturated heterocycles. The van der Waals surface area contributed by atoms with Gasteiger partial charge in [-0.05, 0) is 25.7 Å². The summed E-state index contributed by atoms with van der Waals surface area (Å²) in [5.41, 5.74) is 0.881. The maximum absolute atomic E-state index is 11.3. The Bertz CT molecular complexity index is 297. The molecule has 0 atom stereocenters. The minimum atomic E-state index is -0.196. The summed E-state index contributed by atoms with van der Waals surface area (Å²) in [6.07, 6.45) is 8.71. The molecular formula is C10H11NO2. The van der Waals surface area contributed by atoms with Crippen LogP contribution in [0.4, 0.5) is 0 Å². The molecule has 0 N–H and O–H groups in total. The van der Waals surface area contributed by atoms with Gasteiger partial charge in [-0.2, -0.15) is 0 Å². The molecule has 1 aliphatic heterocycles. The van der Waals surface area contributed by atoms with Crippen LogP contribution in [0.1, 0.15) is 25.7 Å². The van der Waals surface area contributed by atoms with E-state index >= 15 is 0 Å². The number of hydrogen-bond donors (Lipinski definition) is 0. The van der Waals surface area contributed by atoms with Crippen molar-refractivity contribution in [3.05, 3.63) is 23.9 Å². The molecule has 2 rings (SSSR count). The lowest BCUT2D eigenvalue weighted by molar-refractivity contribution is -0.134. The van der Waals surface area contributed by atoms with Gasteiger partial charge in [0.2, 0.25) is 0 Å². The molecule has 0 saturated carbocycles. The van der Waals surface area contributed by atoms with Crippen molar-refractivity contribution >= 4 is 11.8 Å². The summed E-state index contributed by atoms with van der Waals surface area (Å²) in [5.74, 6) is -0.392. The average molecular weight is 177 g/mol. The molecule has 0 spiro atoms. The van der Waals surface area contributed by atoms with Gasteiger partial charge in [-0.3, -0.25) is 9.59 Å². The highest BCUT2D eigenvalue weighted by Crippen LogP contribution is 2.23. The fourth-order valence-electron chi connectivity index (χ4n) is 1.71. The van der Waals surface area contributed by atoms with Crippen molar-refractivity contribution in [1.82, 2.24) is 4.90 Å². The lowest BCUT2D eigenvalue weighted by Crippen LogP contribution is -2.29. The average Bonchev–Trinajstić information content (AvgIpc) is 2.48. The zero-order valence-electron chi connectivity index (χ0n) is 7.32. The second-order valence-corrected chi connectivity index (χ2v) is 3.29. The molecule has 0 bridgehead atoms. The molecule has 0 aromatic carbocycles. The van der Waals surface area contributed by atoms with Crippen LogP contribution >= 0.6 is 0 Å². The monoisotopic (exact) mass is 177 g/mol. The van der Waals surface area contributed by atoms with Crippen LogP contribution in [0.3, 0.4) is 0 Å². The fraction of sp³-hybridized carbons (Fsp3) is 0.400. The lowest BCUT2D eigenvalue weighted by atomic mass is 10.0. The molecular weight excluding hydrogens is 166 g/mol. The molecule has 68 valence electrons. The van der Waals surface area contributed by atoms with Crippen LogP contribution in [-0.2, 0) is 9.59 Å². The van der Waals surface area contributed by atoms with E-state index in [0.717, 1.165) is 31.4 Å². The second-order valence-electron chi connectivity index (χ2n) is 3.29. The molecule has 0 aromatic rings. The summed E-state index contributed by atoms with van der Waals surface area (Å²) < 4.78 is 0. The van der Waals surface area contributed by atoms with Crippen LogP contribution in [0.15, 0.2) is 23.9 Å². The Labute approximate surface area is 76.7 Å². The SMILES string of the molecule is O=C1C=CC(=O)N1C1=CCCCC1. The third-order valence-corrected chi connectivity index (χ3v) is 2.36. The quantitative estimate of drug-likeness (QED) is 0.567. The van der Waals surface area contributed by atoms with Crippen molar-refractivity contribution in [2.24, 2.45) is 0 Å². The Kier molecular flexibility index (Phi) is 2.00. The number of allylic oxidation sites excluding steroid dienone is 2. The maximum Gasteiger partial charge on any atom is 0.257 e. The minimum Gasteiger partial charge on any atom is -0.269 e. The van der Waals surface area contributed by atoms with Crippen LogP contribution in [0.5, 0.6) is 0 Å². The molecule has 0 aromatic heterocycles. The van der Waals surface area contributed by atoms with E-state index in [4.69, 9.17) is 0 Å². The Morgan fingerprint density at radius 2 is 1.77 bits per heavy atom. The summed E-state index contributed by atoms with van der Waals surface area (Å²) >= 11 is 0. The zero-order valence-corrected chi connectivity index (χ0v) is 7.32. The lowest BCUT2D eigenvalue weighted by Gasteiger charge is -2.20. The molecule has 2 aliphatic rings. The molecule has 1 heterocycles. The van der Waals surface area contributed by atoms with Gasteiger partial charge in [-0.25, -0.2) is 4.90 Å². The van der Waals surface area contributed by atoms with E-state index in [1.807, 2.05) is 6.08 Å². The van der Waals surface area contributed by atoms with Gasteiger partial charge in [0.15, 0.2) is 0 Å². The first-order chi connectivity index (χ1) is 6.29. The van der Waals surface area contributed by atoms with Crippen molar-refractivity contribution in [3.8, 4) is 0 Å². The van der Waals surface area contributed by atoms with E-state index < -0.39 is 0 Å². The van der Waals surface area contributed by atoms with E-state index in [2.05, 4.69) is 0 Å². The highest BCUT2D eigenvalue weighted by Gasteiger charge is 2.27. The van der Waals surface area contributed by atoms with Gasteiger partial charge in [0.05, 0.1) is 0 Å². The number of hydrogen-bond acceptors (Lipinski definition) is 2. The Morgan fingerprint density at radius 1 is 1.08 bits per heavy atom. The van der Waals surface area contributed by atoms with Crippen LogP contribution in [0.2, 0.25) is 0 Å². The van der Waals surface area contributed by atoms with Crippen molar-refractivity contribution in [1.29, 1.82) is 0 Å². The molecule has 3 nitrogen and oxygen atoms in total. The van der Waals surface area contributed by atoms with Crippen molar-refractivity contribution in [3.63, 3.8) is 0 Å². The summed E-state index contributed by atoms with van der Waals surface area (Å²) in [5, 5.41) is 0. The Hall–Kier alpha value is -1.38. The maximum atomic E-state index is 11.3. The van der Waals surface area contributed by atoms with Gasteiger partial charge in [0.1, 0.15) is 0 Å². The van der Waals surface area contributed by atoms with E-state index in [1.54, 1.807) is 0 Å². The van der Waals surface area contributed by atoms with Gasteiger partial charge >= 0.3 is 0 Å². The van der Waals surface area contributed by atoms with Gasteiger partial charge in [-0.15, -0.1) is 0 Å². The van der Waals surface area contributed by atoms with Crippen molar-refractivity contribution in [2.45, 2.75) is 25.7 Å². The molecule has 0 fully saturated rings. The van der Waals surface area contributed by atoms with Crippen LogP contribution in [0.25, 0.3) is 0 Å². The normalized spacial score (nSPS) is 22.5. The van der Waals surface area contributed by atoms with E-state index in [1.165, 1.54) is 17.1 Å². The van der Waals surface area contributed by atoms with Crippen LogP contribution < -0.4 is 0 Å². The van der Waals surface area contributed by atoms with Gasteiger partial charge in [0.25, 0.3) is 11.8 Å². The summed E-state index contributed by atoms with van der Waals surface area (Å²) in [6, 6.07) is 0. The second kappa shape index (κ2) is 3.17. The molecule has 1 aliphatic carbocycles. The summed E-state index contributed by atoms with van der Waals surface area (Å²) in [4.78, 5) is 23.8. The minimum absolute atomic E-state index is 0.196. The Morgan fingerprint density at radius 3 is 2.31 bits per heavy atom. The van der Waals surface area contributed by atoms with E-state index in [-0.39, 0.29) is 11.8 Å². The number of nitrogens with zero attached hydrogens (tertiary/aromatic N) is 1. The number of rotatable bonds is 1. The van der Waals surface area contributed by atoms with Gasteiger partial charge in [-0.1, -0.05) is 6.08 Å². The molecule has 2 amide bonds. The highest BCUT2D eigenvalue weighted by molar-refractivity contribution is 6.14. The first-order valence-electron chi connectivity index (χ1n) is 4.54. The predicted octanol–water partition coefficient (Wildman–Crippen LogP) is 1.37. The standard InChI is InChI=1S/C10H11NO2/c12-9-6-7-10(13)11(9)8-4-2-1-3-5-8/h4,6-7H,1-3,5H2. The highest BCUT2D eigenvalue weighted by atomic mass is 16.2. The van der Waals surface area contributed by atoms with Crippen molar-refractivity contribution < 1.29 is 9.59 Å². The van der Waals surface area contributed by atoms with E-state index in [0.29, 0.717) is 0 Å².